The average Bonchev–Trinajstić information content (AvgIpc) is 2.49. The molecule has 0 amide bonds. The van der Waals surface area contributed by atoms with Crippen molar-refractivity contribution < 1.29 is 0 Å². The summed E-state index contributed by atoms with van der Waals surface area (Å²) in [5, 5.41) is 0.812. The largest absolute Gasteiger partial charge is 0.371 e. The number of anilines is 1. The van der Waals surface area contributed by atoms with E-state index in [4.69, 9.17) is 23.2 Å². The summed E-state index contributed by atoms with van der Waals surface area (Å²) in [5.74, 6) is 0.564. The number of alkyl halides is 1. The van der Waals surface area contributed by atoms with Crippen LogP contribution in [0.25, 0.3) is 0 Å². The lowest BCUT2D eigenvalue weighted by molar-refractivity contribution is 0.144. The van der Waals surface area contributed by atoms with E-state index in [0.29, 0.717) is 11.3 Å². The first kappa shape index (κ1) is 14.5. The molecule has 0 aromatic heterocycles. The molecule has 1 aliphatic heterocycles. The highest BCUT2D eigenvalue weighted by molar-refractivity contribution is 6.31. The summed E-state index contributed by atoms with van der Waals surface area (Å²) >= 11 is 12.2. The molecule has 1 nitrogen and oxygen atoms in total. The maximum absolute atomic E-state index is 6.17. The van der Waals surface area contributed by atoms with Crippen LogP contribution in [0.4, 0.5) is 5.69 Å². The zero-order valence-corrected chi connectivity index (χ0v) is 13.5. The third kappa shape index (κ3) is 2.94. The van der Waals surface area contributed by atoms with E-state index in [2.05, 4.69) is 17.0 Å². The van der Waals surface area contributed by atoms with Gasteiger partial charge >= 0.3 is 0 Å². The van der Waals surface area contributed by atoms with Crippen molar-refractivity contribution in [1.29, 1.82) is 0 Å². The van der Waals surface area contributed by atoms with Gasteiger partial charge in [0.05, 0.1) is 0 Å². The Hall–Kier alpha value is -0.400. The van der Waals surface area contributed by atoms with Crippen LogP contribution >= 0.6 is 23.2 Å². The normalized spacial score (nSPS) is 22.2. The molecule has 1 heterocycles. The summed E-state index contributed by atoms with van der Waals surface area (Å²) in [7, 11) is 0. The molecule has 20 heavy (non-hydrogen) atoms. The van der Waals surface area contributed by atoms with E-state index in [9.17, 15) is 0 Å². The van der Waals surface area contributed by atoms with Crippen molar-refractivity contribution in [2.75, 3.05) is 18.0 Å². The predicted molar refractivity (Wildman–Crippen MR) is 88.0 cm³/mol. The molecule has 0 N–H and O–H groups in total. The summed E-state index contributed by atoms with van der Waals surface area (Å²) in [6, 6.07) is 6.09. The van der Waals surface area contributed by atoms with Crippen LogP contribution in [-0.2, 0) is 5.88 Å². The number of rotatable bonds is 2. The van der Waals surface area contributed by atoms with E-state index < -0.39 is 0 Å². The Labute approximate surface area is 132 Å². The van der Waals surface area contributed by atoms with E-state index in [1.165, 1.54) is 56.2 Å². The highest BCUT2D eigenvalue weighted by Gasteiger charge is 2.35. The molecule has 0 radical (unpaired) electrons. The average molecular weight is 312 g/mol. The Morgan fingerprint density at radius 2 is 1.70 bits per heavy atom. The number of hydrogen-bond donors (Lipinski definition) is 0. The molecule has 1 saturated heterocycles. The zero-order chi connectivity index (χ0) is 14.0. The van der Waals surface area contributed by atoms with Crippen LogP contribution in [0.15, 0.2) is 18.2 Å². The number of benzene rings is 1. The molecule has 1 aromatic rings. The lowest BCUT2D eigenvalue weighted by atomic mass is 9.68. The molecule has 0 bridgehead atoms. The highest BCUT2D eigenvalue weighted by atomic mass is 35.5. The van der Waals surface area contributed by atoms with Gasteiger partial charge in [-0.3, -0.25) is 0 Å². The molecular weight excluding hydrogens is 289 g/mol. The van der Waals surface area contributed by atoms with Crippen LogP contribution in [0.1, 0.15) is 50.5 Å². The smallest absolute Gasteiger partial charge is 0.0494 e. The van der Waals surface area contributed by atoms with Gasteiger partial charge in [0.1, 0.15) is 0 Å². The van der Waals surface area contributed by atoms with Gasteiger partial charge in [0, 0.05) is 29.7 Å². The van der Waals surface area contributed by atoms with E-state index in [1.54, 1.807) is 0 Å². The Balaban J connectivity index is 1.73. The number of hydrogen-bond acceptors (Lipinski definition) is 1. The number of halogens is 2. The Morgan fingerprint density at radius 3 is 2.35 bits per heavy atom. The number of nitrogens with zero attached hydrogens (tertiary/aromatic N) is 1. The van der Waals surface area contributed by atoms with Gasteiger partial charge in [-0.1, -0.05) is 36.9 Å². The second-order valence-corrected chi connectivity index (χ2v) is 7.16. The third-order valence-corrected chi connectivity index (χ3v) is 5.79. The molecule has 1 aromatic carbocycles. The van der Waals surface area contributed by atoms with Crippen LogP contribution in [0.2, 0.25) is 5.02 Å². The molecule has 110 valence electrons. The topological polar surface area (TPSA) is 3.24 Å². The van der Waals surface area contributed by atoms with Gasteiger partial charge in [0.2, 0.25) is 0 Å². The molecule has 1 spiro atoms. The monoisotopic (exact) mass is 311 g/mol. The first-order chi connectivity index (χ1) is 9.72. The van der Waals surface area contributed by atoms with Gasteiger partial charge in [0.25, 0.3) is 0 Å². The maximum Gasteiger partial charge on any atom is 0.0494 e. The number of piperidine rings is 1. The fraction of sp³-hybridized carbons (Fsp3) is 0.647. The first-order valence-corrected chi connectivity index (χ1v) is 8.73. The standard InChI is InChI=1S/C17H23Cl2N/c18-13-14-4-5-15(19)12-16(14)20-10-8-17(9-11-20)6-2-1-3-7-17/h4-5,12H,1-3,6-11,13H2. The Bertz CT molecular complexity index is 456. The fourth-order valence-corrected chi connectivity index (χ4v) is 4.36. The van der Waals surface area contributed by atoms with Gasteiger partial charge < -0.3 is 4.90 Å². The zero-order valence-electron chi connectivity index (χ0n) is 12.0. The van der Waals surface area contributed by atoms with Crippen molar-refractivity contribution in [3.8, 4) is 0 Å². The van der Waals surface area contributed by atoms with Gasteiger partial charge in [-0.2, -0.15) is 0 Å². The van der Waals surface area contributed by atoms with Crippen LogP contribution in [-0.4, -0.2) is 13.1 Å². The van der Waals surface area contributed by atoms with Crippen molar-refractivity contribution in [3.05, 3.63) is 28.8 Å². The second kappa shape index (κ2) is 6.15. The molecule has 0 atom stereocenters. The second-order valence-electron chi connectivity index (χ2n) is 6.45. The Morgan fingerprint density at radius 1 is 1.00 bits per heavy atom. The molecule has 1 saturated carbocycles. The lowest BCUT2D eigenvalue weighted by Crippen LogP contribution is -2.41. The van der Waals surface area contributed by atoms with Gasteiger partial charge in [-0.15, -0.1) is 11.6 Å². The van der Waals surface area contributed by atoms with E-state index in [-0.39, 0.29) is 0 Å². The van der Waals surface area contributed by atoms with E-state index in [0.717, 1.165) is 18.1 Å². The highest BCUT2D eigenvalue weighted by Crippen LogP contribution is 2.45. The van der Waals surface area contributed by atoms with Crippen LogP contribution < -0.4 is 4.90 Å². The van der Waals surface area contributed by atoms with Crippen molar-refractivity contribution in [1.82, 2.24) is 0 Å². The SMILES string of the molecule is ClCc1ccc(Cl)cc1N1CCC2(CCCCC2)CC1. The Kier molecular flexibility index (Phi) is 4.47. The molecule has 3 rings (SSSR count). The van der Waals surface area contributed by atoms with Gasteiger partial charge in [-0.25, -0.2) is 0 Å². The van der Waals surface area contributed by atoms with Crippen molar-refractivity contribution in [3.63, 3.8) is 0 Å². The van der Waals surface area contributed by atoms with Crippen molar-refractivity contribution >= 4 is 28.9 Å². The van der Waals surface area contributed by atoms with Crippen LogP contribution in [0.5, 0.6) is 0 Å². The van der Waals surface area contributed by atoms with Crippen LogP contribution in [0, 0.1) is 5.41 Å². The van der Waals surface area contributed by atoms with E-state index >= 15 is 0 Å². The van der Waals surface area contributed by atoms with Crippen LogP contribution in [0.3, 0.4) is 0 Å². The van der Waals surface area contributed by atoms with E-state index in [1.807, 2.05) is 6.07 Å². The first-order valence-electron chi connectivity index (χ1n) is 7.82. The molecule has 2 fully saturated rings. The minimum absolute atomic E-state index is 0.564. The summed E-state index contributed by atoms with van der Waals surface area (Å²) < 4.78 is 0. The summed E-state index contributed by atoms with van der Waals surface area (Å²) in [6.07, 6.45) is 9.87. The molecule has 3 heteroatoms. The van der Waals surface area contributed by atoms with Crippen molar-refractivity contribution in [2.24, 2.45) is 5.41 Å². The molecular formula is C17H23Cl2N. The molecule has 2 aliphatic rings. The summed E-state index contributed by atoms with van der Waals surface area (Å²) in [4.78, 5) is 2.49. The summed E-state index contributed by atoms with van der Waals surface area (Å²) in [6.45, 7) is 2.31. The van der Waals surface area contributed by atoms with Crippen molar-refractivity contribution in [2.45, 2.75) is 50.8 Å². The minimum atomic E-state index is 0.564. The third-order valence-electron chi connectivity index (χ3n) is 5.27. The minimum Gasteiger partial charge on any atom is -0.371 e. The van der Waals surface area contributed by atoms with Gasteiger partial charge in [-0.05, 0) is 48.8 Å². The maximum atomic E-state index is 6.17. The molecule has 1 aliphatic carbocycles. The molecule has 0 unspecified atom stereocenters. The predicted octanol–water partition coefficient (Wildman–Crippen LogP) is 5.63. The van der Waals surface area contributed by atoms with Gasteiger partial charge in [0.15, 0.2) is 0 Å². The fourth-order valence-electron chi connectivity index (χ4n) is 3.97. The quantitative estimate of drug-likeness (QED) is 0.640. The summed E-state index contributed by atoms with van der Waals surface area (Å²) in [5.41, 5.74) is 3.10. The lowest BCUT2D eigenvalue weighted by Gasteiger charge is -2.45.